The molecule has 1 aliphatic rings. The van der Waals surface area contributed by atoms with Crippen molar-refractivity contribution in [3.63, 3.8) is 0 Å². The van der Waals surface area contributed by atoms with Crippen LogP contribution < -0.4 is 0 Å². The van der Waals surface area contributed by atoms with E-state index >= 15 is 0 Å². The molecule has 1 unspecified atom stereocenters. The first-order chi connectivity index (χ1) is 9.34. The van der Waals surface area contributed by atoms with E-state index in [1.54, 1.807) is 17.8 Å². The highest BCUT2D eigenvalue weighted by molar-refractivity contribution is 5.95. The summed E-state index contributed by atoms with van der Waals surface area (Å²) in [7, 11) is 0. The van der Waals surface area contributed by atoms with E-state index in [-0.39, 0.29) is 18.5 Å². The summed E-state index contributed by atoms with van der Waals surface area (Å²) in [6.07, 6.45) is -1.59. The van der Waals surface area contributed by atoms with Gasteiger partial charge in [0.15, 0.2) is 0 Å². The number of aromatic nitrogens is 2. The lowest BCUT2D eigenvalue weighted by atomic mass is 10.2. The number of carbonyl (C=O) groups is 1. The number of nitrogens with zero attached hydrogens (tertiary/aromatic N) is 3. The Morgan fingerprint density at radius 3 is 2.80 bits per heavy atom. The molecule has 1 aromatic rings. The molecule has 0 radical (unpaired) electrons. The van der Waals surface area contributed by atoms with Crippen LogP contribution in [0.1, 0.15) is 42.2 Å². The zero-order valence-corrected chi connectivity index (χ0v) is 11.6. The summed E-state index contributed by atoms with van der Waals surface area (Å²) in [6, 6.07) is -1.66. The maximum Gasteiger partial charge on any atom is 0.408 e. The molecule has 0 saturated carbocycles. The molecule has 0 aromatic carbocycles. The van der Waals surface area contributed by atoms with Crippen LogP contribution in [0, 0.1) is 6.92 Å². The summed E-state index contributed by atoms with van der Waals surface area (Å²) < 4.78 is 40.3. The zero-order valence-electron chi connectivity index (χ0n) is 11.6. The molecular weight excluding hydrogens is 271 g/mol. The van der Waals surface area contributed by atoms with Gasteiger partial charge in [0.2, 0.25) is 0 Å². The lowest BCUT2D eigenvalue weighted by molar-refractivity contribution is -0.169. The Labute approximate surface area is 115 Å². The maximum absolute atomic E-state index is 12.9. The number of alkyl halides is 3. The average molecular weight is 289 g/mol. The molecule has 0 aliphatic carbocycles. The number of likely N-dealkylation sites (tertiary alicyclic amines) is 1. The van der Waals surface area contributed by atoms with Gasteiger partial charge in [-0.25, -0.2) is 0 Å². The minimum atomic E-state index is -4.36. The molecule has 1 fully saturated rings. The summed E-state index contributed by atoms with van der Waals surface area (Å²) in [6.45, 7) is 4.43. The van der Waals surface area contributed by atoms with Crippen molar-refractivity contribution in [2.45, 2.75) is 51.9 Å². The molecule has 1 aliphatic heterocycles. The molecule has 1 aromatic heterocycles. The monoisotopic (exact) mass is 289 g/mol. The van der Waals surface area contributed by atoms with Crippen molar-refractivity contribution in [3.8, 4) is 0 Å². The van der Waals surface area contributed by atoms with E-state index in [0.717, 1.165) is 11.3 Å². The number of rotatable bonds is 3. The summed E-state index contributed by atoms with van der Waals surface area (Å²) in [5.74, 6) is -0.565. The fraction of sp³-hybridized carbons (Fsp3) is 0.692. The van der Waals surface area contributed by atoms with E-state index in [2.05, 4.69) is 5.10 Å². The van der Waals surface area contributed by atoms with Gasteiger partial charge in [-0.2, -0.15) is 18.3 Å². The van der Waals surface area contributed by atoms with Crippen LogP contribution in [0.4, 0.5) is 13.2 Å². The Hall–Kier alpha value is -1.53. The minimum absolute atomic E-state index is 0.0165. The smallest absolute Gasteiger partial charge is 0.326 e. The SMILES string of the molecule is CCCn1cc(C(=O)N2CCCC2C(F)(F)F)c(C)n1. The zero-order chi connectivity index (χ0) is 14.9. The molecule has 1 atom stereocenters. The number of aryl methyl sites for hydroxylation is 2. The fourth-order valence-electron chi connectivity index (χ4n) is 2.58. The van der Waals surface area contributed by atoms with Gasteiger partial charge in [0.1, 0.15) is 6.04 Å². The molecule has 112 valence electrons. The summed E-state index contributed by atoms with van der Waals surface area (Å²) in [5.41, 5.74) is 0.755. The van der Waals surface area contributed by atoms with Gasteiger partial charge in [-0.3, -0.25) is 9.48 Å². The molecule has 7 heteroatoms. The lowest BCUT2D eigenvalue weighted by Gasteiger charge is -2.26. The van der Waals surface area contributed by atoms with Crippen molar-refractivity contribution >= 4 is 5.91 Å². The molecule has 2 heterocycles. The van der Waals surface area contributed by atoms with E-state index in [0.29, 0.717) is 18.7 Å². The van der Waals surface area contributed by atoms with E-state index in [4.69, 9.17) is 0 Å². The van der Waals surface area contributed by atoms with Gasteiger partial charge in [0.25, 0.3) is 5.91 Å². The molecule has 0 N–H and O–H groups in total. The predicted molar refractivity (Wildman–Crippen MR) is 67.4 cm³/mol. The van der Waals surface area contributed by atoms with Gasteiger partial charge in [0, 0.05) is 19.3 Å². The van der Waals surface area contributed by atoms with Crippen molar-refractivity contribution in [1.29, 1.82) is 0 Å². The Morgan fingerprint density at radius 1 is 1.50 bits per heavy atom. The van der Waals surface area contributed by atoms with Gasteiger partial charge >= 0.3 is 6.18 Å². The molecule has 4 nitrogen and oxygen atoms in total. The molecule has 1 saturated heterocycles. The van der Waals surface area contributed by atoms with Crippen molar-refractivity contribution in [2.24, 2.45) is 0 Å². The molecule has 0 bridgehead atoms. The number of halogens is 3. The first-order valence-corrected chi connectivity index (χ1v) is 6.76. The van der Waals surface area contributed by atoms with Crippen LogP contribution in [0.25, 0.3) is 0 Å². The van der Waals surface area contributed by atoms with Crippen molar-refractivity contribution in [2.75, 3.05) is 6.54 Å². The highest BCUT2D eigenvalue weighted by Crippen LogP contribution is 2.33. The minimum Gasteiger partial charge on any atom is -0.326 e. The van der Waals surface area contributed by atoms with Crippen molar-refractivity contribution in [1.82, 2.24) is 14.7 Å². The van der Waals surface area contributed by atoms with Crippen LogP contribution in [-0.2, 0) is 6.54 Å². The van der Waals surface area contributed by atoms with Gasteiger partial charge < -0.3 is 4.90 Å². The largest absolute Gasteiger partial charge is 0.408 e. The number of hydrogen-bond donors (Lipinski definition) is 0. The van der Waals surface area contributed by atoms with Gasteiger partial charge in [-0.15, -0.1) is 0 Å². The number of amides is 1. The first kappa shape index (κ1) is 14.9. The van der Waals surface area contributed by atoms with Crippen LogP contribution in [0.3, 0.4) is 0 Å². The standard InChI is InChI=1S/C13H18F3N3O/c1-3-6-18-8-10(9(2)17-18)12(20)19-7-4-5-11(19)13(14,15)16/h8,11H,3-7H2,1-2H3. The third-order valence-electron chi connectivity index (χ3n) is 3.52. The van der Waals surface area contributed by atoms with Crippen molar-refractivity contribution < 1.29 is 18.0 Å². The van der Waals surface area contributed by atoms with E-state index in [1.807, 2.05) is 6.92 Å². The summed E-state index contributed by atoms with van der Waals surface area (Å²) >= 11 is 0. The van der Waals surface area contributed by atoms with Crippen molar-refractivity contribution in [3.05, 3.63) is 17.5 Å². The molecule has 2 rings (SSSR count). The molecule has 20 heavy (non-hydrogen) atoms. The summed E-state index contributed by atoms with van der Waals surface area (Å²) in [4.78, 5) is 13.2. The van der Waals surface area contributed by atoms with E-state index in [1.165, 1.54) is 0 Å². The average Bonchev–Trinajstić information content (AvgIpc) is 2.94. The number of carbonyl (C=O) groups excluding carboxylic acids is 1. The van der Waals surface area contributed by atoms with Gasteiger partial charge in [0.05, 0.1) is 11.3 Å². The Balaban J connectivity index is 2.22. The second-order valence-corrected chi connectivity index (χ2v) is 5.09. The Bertz CT molecular complexity index is 496. The number of hydrogen-bond acceptors (Lipinski definition) is 2. The molecule has 0 spiro atoms. The highest BCUT2D eigenvalue weighted by atomic mass is 19.4. The maximum atomic E-state index is 12.9. The Kier molecular flexibility index (Phi) is 4.06. The molecular formula is C13H18F3N3O. The second-order valence-electron chi connectivity index (χ2n) is 5.09. The summed E-state index contributed by atoms with van der Waals surface area (Å²) in [5, 5.41) is 4.17. The quantitative estimate of drug-likeness (QED) is 0.858. The highest BCUT2D eigenvalue weighted by Gasteiger charge is 2.48. The van der Waals surface area contributed by atoms with Crippen LogP contribution >= 0.6 is 0 Å². The lowest BCUT2D eigenvalue weighted by Crippen LogP contribution is -2.44. The Morgan fingerprint density at radius 2 is 2.20 bits per heavy atom. The fourth-order valence-corrected chi connectivity index (χ4v) is 2.58. The van der Waals surface area contributed by atoms with Gasteiger partial charge in [-0.05, 0) is 26.2 Å². The normalized spacial score (nSPS) is 19.6. The van der Waals surface area contributed by atoms with Crippen LogP contribution in [0.15, 0.2) is 6.20 Å². The van der Waals surface area contributed by atoms with E-state index in [9.17, 15) is 18.0 Å². The first-order valence-electron chi connectivity index (χ1n) is 6.76. The second kappa shape index (κ2) is 5.46. The molecule has 1 amide bonds. The van der Waals surface area contributed by atoms with Crippen LogP contribution in [-0.4, -0.2) is 39.4 Å². The van der Waals surface area contributed by atoms with Crippen LogP contribution in [0.5, 0.6) is 0 Å². The third kappa shape index (κ3) is 2.81. The third-order valence-corrected chi connectivity index (χ3v) is 3.52. The van der Waals surface area contributed by atoms with Gasteiger partial charge in [-0.1, -0.05) is 6.92 Å². The topological polar surface area (TPSA) is 38.1 Å². The van der Waals surface area contributed by atoms with E-state index < -0.39 is 18.1 Å². The van der Waals surface area contributed by atoms with Crippen LogP contribution in [0.2, 0.25) is 0 Å². The predicted octanol–water partition coefficient (Wildman–Crippen LogP) is 2.77.